The van der Waals surface area contributed by atoms with Crippen molar-refractivity contribution in [1.82, 2.24) is 15.5 Å². The summed E-state index contributed by atoms with van der Waals surface area (Å²) < 4.78 is 41.2. The van der Waals surface area contributed by atoms with Crippen LogP contribution >= 0.6 is 24.0 Å². The van der Waals surface area contributed by atoms with Gasteiger partial charge in [-0.05, 0) is 49.3 Å². The van der Waals surface area contributed by atoms with Crippen LogP contribution in [0.2, 0.25) is 0 Å². The number of hydrogen-bond donors (Lipinski definition) is 2. The van der Waals surface area contributed by atoms with Gasteiger partial charge in [0.1, 0.15) is 5.75 Å². The van der Waals surface area contributed by atoms with E-state index in [1.165, 1.54) is 32.2 Å². The molecule has 3 rings (SSSR count). The van der Waals surface area contributed by atoms with Crippen LogP contribution in [-0.4, -0.2) is 56.4 Å². The van der Waals surface area contributed by atoms with Crippen LogP contribution in [0.25, 0.3) is 0 Å². The van der Waals surface area contributed by atoms with Crippen LogP contribution in [0.15, 0.2) is 29.3 Å². The van der Waals surface area contributed by atoms with Crippen molar-refractivity contribution < 1.29 is 17.9 Å². The van der Waals surface area contributed by atoms with Crippen molar-refractivity contribution in [2.24, 2.45) is 10.9 Å². The first-order valence-electron chi connectivity index (χ1n) is 9.90. The zero-order chi connectivity index (χ0) is 20.0. The summed E-state index contributed by atoms with van der Waals surface area (Å²) in [5.41, 5.74) is 0.940. The Labute approximate surface area is 187 Å². The van der Waals surface area contributed by atoms with Crippen LogP contribution < -0.4 is 15.4 Å². The molecule has 2 fully saturated rings. The zero-order valence-electron chi connectivity index (χ0n) is 16.7. The van der Waals surface area contributed by atoms with Gasteiger partial charge in [0, 0.05) is 39.3 Å². The quantitative estimate of drug-likeness (QED) is 0.277. The number of rotatable bonds is 10. The molecule has 1 aromatic carbocycles. The normalized spacial score (nSPS) is 17.1. The number of hydrogen-bond acceptors (Lipinski definition) is 3. The lowest BCUT2D eigenvalue weighted by Crippen LogP contribution is -2.42. The van der Waals surface area contributed by atoms with E-state index in [1.54, 1.807) is 31.3 Å². The summed E-state index contributed by atoms with van der Waals surface area (Å²) in [6, 6.07) is 7.36. The molecule has 0 saturated heterocycles. The molecule has 0 aliphatic heterocycles. The third kappa shape index (κ3) is 9.41. The highest BCUT2D eigenvalue weighted by molar-refractivity contribution is 14.0. The summed E-state index contributed by atoms with van der Waals surface area (Å²) in [6.07, 6.45) is 1.07. The number of ether oxygens (including phenoxy) is 1. The largest absolute Gasteiger partial charge is 0.484 e. The van der Waals surface area contributed by atoms with E-state index in [0.29, 0.717) is 6.54 Å². The van der Waals surface area contributed by atoms with Crippen molar-refractivity contribution in [2.45, 2.75) is 44.4 Å². The van der Waals surface area contributed by atoms with Crippen molar-refractivity contribution in [3.05, 3.63) is 29.8 Å². The van der Waals surface area contributed by atoms with Crippen molar-refractivity contribution in [2.75, 3.05) is 33.3 Å². The van der Waals surface area contributed by atoms with Crippen LogP contribution in [-0.2, 0) is 6.54 Å². The Hall–Kier alpha value is -1.23. The van der Waals surface area contributed by atoms with E-state index in [9.17, 15) is 13.2 Å². The molecule has 0 spiro atoms. The molecule has 2 saturated carbocycles. The molecule has 164 valence electrons. The molecule has 29 heavy (non-hydrogen) atoms. The predicted molar refractivity (Wildman–Crippen MR) is 119 cm³/mol. The fourth-order valence-electron chi connectivity index (χ4n) is 3.09. The smallest absolute Gasteiger partial charge is 0.422 e. The van der Waals surface area contributed by atoms with Gasteiger partial charge in [-0.15, -0.1) is 24.0 Å². The van der Waals surface area contributed by atoms with Crippen molar-refractivity contribution >= 4 is 29.9 Å². The fraction of sp³-hybridized carbons (Fsp3) is 0.650. The van der Waals surface area contributed by atoms with Gasteiger partial charge >= 0.3 is 6.18 Å². The van der Waals surface area contributed by atoms with E-state index in [2.05, 4.69) is 20.5 Å². The number of nitrogens with zero attached hydrogens (tertiary/aromatic N) is 2. The van der Waals surface area contributed by atoms with Crippen molar-refractivity contribution in [3.8, 4) is 5.75 Å². The first-order valence-corrected chi connectivity index (χ1v) is 9.90. The molecule has 1 aromatic rings. The molecule has 9 heteroatoms. The lowest BCUT2D eigenvalue weighted by Gasteiger charge is -2.22. The summed E-state index contributed by atoms with van der Waals surface area (Å²) in [4.78, 5) is 6.83. The van der Waals surface area contributed by atoms with Crippen LogP contribution in [0.3, 0.4) is 0 Å². The van der Waals surface area contributed by atoms with E-state index in [1.807, 2.05) is 0 Å². The van der Waals surface area contributed by atoms with Crippen molar-refractivity contribution in [3.63, 3.8) is 0 Å². The average Bonchev–Trinajstić information content (AvgIpc) is 3.55. The van der Waals surface area contributed by atoms with Crippen LogP contribution in [0.1, 0.15) is 31.2 Å². The highest BCUT2D eigenvalue weighted by atomic mass is 127. The molecule has 2 aliphatic carbocycles. The molecule has 0 amide bonds. The average molecular weight is 526 g/mol. The molecule has 0 bridgehead atoms. The summed E-state index contributed by atoms with van der Waals surface area (Å²) in [5, 5.41) is 6.57. The fourth-order valence-corrected chi connectivity index (χ4v) is 3.09. The Morgan fingerprint density at radius 1 is 1.14 bits per heavy atom. The highest BCUT2D eigenvalue weighted by Gasteiger charge is 2.33. The van der Waals surface area contributed by atoms with Gasteiger partial charge in [-0.2, -0.15) is 13.2 Å². The lowest BCUT2D eigenvalue weighted by molar-refractivity contribution is -0.153. The van der Waals surface area contributed by atoms with Gasteiger partial charge < -0.3 is 15.4 Å². The van der Waals surface area contributed by atoms with E-state index in [-0.39, 0.29) is 29.7 Å². The maximum absolute atomic E-state index is 12.2. The number of alkyl halides is 3. The Morgan fingerprint density at radius 3 is 2.38 bits per heavy atom. The monoisotopic (exact) mass is 526 g/mol. The first-order chi connectivity index (χ1) is 13.4. The molecule has 0 aromatic heterocycles. The topological polar surface area (TPSA) is 48.9 Å². The minimum Gasteiger partial charge on any atom is -0.484 e. The summed E-state index contributed by atoms with van der Waals surface area (Å²) in [6.45, 7) is 2.34. The van der Waals surface area contributed by atoms with Gasteiger partial charge in [-0.1, -0.05) is 12.1 Å². The second-order valence-corrected chi connectivity index (χ2v) is 7.57. The summed E-state index contributed by atoms with van der Waals surface area (Å²) in [7, 11) is 1.73. The molecule has 2 aliphatic rings. The molecule has 0 radical (unpaired) electrons. The molecule has 2 N–H and O–H groups in total. The number of benzene rings is 1. The Kier molecular flexibility index (Phi) is 9.32. The summed E-state index contributed by atoms with van der Waals surface area (Å²) >= 11 is 0. The Bertz CT molecular complexity index is 646. The number of guanidine groups is 1. The molecule has 0 unspecified atom stereocenters. The Morgan fingerprint density at radius 2 is 1.83 bits per heavy atom. The van der Waals surface area contributed by atoms with Gasteiger partial charge in [0.2, 0.25) is 0 Å². The van der Waals surface area contributed by atoms with Gasteiger partial charge in [0.25, 0.3) is 0 Å². The van der Waals surface area contributed by atoms with Crippen LogP contribution in [0.5, 0.6) is 5.75 Å². The highest BCUT2D eigenvalue weighted by Crippen LogP contribution is 2.34. The third-order valence-electron chi connectivity index (χ3n) is 4.95. The SMILES string of the molecule is CN=C(NCCN(CC1CC1)C1CC1)NCc1ccc(OCC(F)(F)F)cc1.I. The first kappa shape index (κ1) is 24.0. The second-order valence-electron chi connectivity index (χ2n) is 7.57. The van der Waals surface area contributed by atoms with Crippen LogP contribution in [0, 0.1) is 5.92 Å². The maximum Gasteiger partial charge on any atom is 0.422 e. The molecular weight excluding hydrogens is 496 g/mol. The van der Waals surface area contributed by atoms with E-state index in [0.717, 1.165) is 36.6 Å². The van der Waals surface area contributed by atoms with E-state index < -0.39 is 12.8 Å². The van der Waals surface area contributed by atoms with Gasteiger partial charge in [-0.25, -0.2) is 0 Å². The maximum atomic E-state index is 12.2. The Balaban J connectivity index is 0.00000300. The number of halogens is 4. The van der Waals surface area contributed by atoms with Gasteiger partial charge in [0.05, 0.1) is 0 Å². The minimum atomic E-state index is -4.33. The second kappa shape index (κ2) is 11.2. The zero-order valence-corrected chi connectivity index (χ0v) is 19.0. The summed E-state index contributed by atoms with van der Waals surface area (Å²) in [5.74, 6) is 1.83. The predicted octanol–water partition coefficient (Wildman–Crippen LogP) is 3.79. The van der Waals surface area contributed by atoms with E-state index in [4.69, 9.17) is 4.74 Å². The van der Waals surface area contributed by atoms with Gasteiger partial charge in [0.15, 0.2) is 12.6 Å². The van der Waals surface area contributed by atoms with Crippen LogP contribution in [0.4, 0.5) is 13.2 Å². The van der Waals surface area contributed by atoms with Crippen molar-refractivity contribution in [1.29, 1.82) is 0 Å². The number of aliphatic imine (C=N–C) groups is 1. The lowest BCUT2D eigenvalue weighted by atomic mass is 10.2. The molecule has 0 atom stereocenters. The van der Waals surface area contributed by atoms with E-state index >= 15 is 0 Å². The standard InChI is InChI=1S/C20H29F3N4O.HI/c1-24-19(25-10-11-27(17-6-7-17)13-16-2-3-16)26-12-15-4-8-18(9-5-15)28-14-20(21,22)23;/h4-5,8-9,16-17H,2-3,6-7,10-14H2,1H3,(H2,24,25,26);1H. The molecule has 5 nitrogen and oxygen atoms in total. The molecule has 0 heterocycles. The minimum absolute atomic E-state index is 0. The third-order valence-corrected chi connectivity index (χ3v) is 4.95. The van der Waals surface area contributed by atoms with Gasteiger partial charge in [-0.3, -0.25) is 9.89 Å². The number of nitrogens with one attached hydrogen (secondary N) is 2. The molecular formula is C20H30F3IN4O.